The molecule has 1 heterocycles. The third kappa shape index (κ3) is 4.06. The lowest BCUT2D eigenvalue weighted by atomic mass is 9.95. The quantitative estimate of drug-likeness (QED) is 0.713. The molecule has 6 nitrogen and oxygen atoms in total. The van der Waals surface area contributed by atoms with Gasteiger partial charge in [0.2, 0.25) is 11.6 Å². The van der Waals surface area contributed by atoms with Crippen LogP contribution in [-0.4, -0.2) is 36.6 Å². The minimum atomic E-state index is -1.35. The Balaban J connectivity index is 2.16. The summed E-state index contributed by atoms with van der Waals surface area (Å²) in [6.07, 6.45) is 0.461. The first-order valence-electron chi connectivity index (χ1n) is 9.82. The van der Waals surface area contributed by atoms with Crippen LogP contribution in [0.25, 0.3) is 0 Å². The van der Waals surface area contributed by atoms with Crippen LogP contribution in [0.2, 0.25) is 0 Å². The molecule has 0 bridgehead atoms. The number of carbonyl (C=O) groups excluding carboxylic acids is 1. The van der Waals surface area contributed by atoms with Crippen molar-refractivity contribution in [2.24, 2.45) is 10.8 Å². The predicted molar refractivity (Wildman–Crippen MR) is 108 cm³/mol. The smallest absolute Gasteiger partial charge is 0.275 e. The average Bonchev–Trinajstić information content (AvgIpc) is 3.16. The fraction of sp³-hybridized carbons (Fsp3) is 0.364. The first kappa shape index (κ1) is 21.9. The molecule has 0 spiro atoms. The third-order valence-corrected chi connectivity index (χ3v) is 5.04. The van der Waals surface area contributed by atoms with Gasteiger partial charge in [0.1, 0.15) is 17.7 Å². The van der Waals surface area contributed by atoms with Crippen molar-refractivity contribution in [1.29, 1.82) is 0 Å². The van der Waals surface area contributed by atoms with Gasteiger partial charge in [-0.05, 0) is 37.6 Å². The minimum absolute atomic E-state index is 0.163. The van der Waals surface area contributed by atoms with E-state index in [0.29, 0.717) is 31.4 Å². The molecular weight excluding hydrogens is 392 g/mol. The van der Waals surface area contributed by atoms with E-state index >= 15 is 0 Å². The maximum absolute atomic E-state index is 14.5. The molecule has 0 aromatic heterocycles. The van der Waals surface area contributed by atoms with Gasteiger partial charge in [-0.3, -0.25) is 4.79 Å². The SMILES string of the molecule is CC[C@@H](OC)C(=O)N1N=C(c2cc(F)ccc2F)OC1(CCCN)c1ccccc1. The van der Waals surface area contributed by atoms with E-state index in [0.717, 1.165) is 18.2 Å². The molecule has 1 amide bonds. The van der Waals surface area contributed by atoms with E-state index in [-0.39, 0.29) is 11.5 Å². The van der Waals surface area contributed by atoms with Gasteiger partial charge in [0, 0.05) is 19.1 Å². The number of hydrogen-bond donors (Lipinski definition) is 1. The molecule has 2 atom stereocenters. The Labute approximate surface area is 174 Å². The highest BCUT2D eigenvalue weighted by Crippen LogP contribution is 2.41. The molecule has 2 aromatic rings. The fourth-order valence-electron chi connectivity index (χ4n) is 3.49. The first-order chi connectivity index (χ1) is 14.5. The number of amides is 1. The van der Waals surface area contributed by atoms with E-state index in [1.54, 1.807) is 24.3 Å². The summed E-state index contributed by atoms with van der Waals surface area (Å²) in [7, 11) is 1.43. The van der Waals surface area contributed by atoms with Crippen LogP contribution >= 0.6 is 0 Å². The molecule has 0 fully saturated rings. The maximum Gasteiger partial charge on any atom is 0.275 e. The molecule has 8 heteroatoms. The minimum Gasteiger partial charge on any atom is -0.443 e. The van der Waals surface area contributed by atoms with Gasteiger partial charge < -0.3 is 15.2 Å². The average molecular weight is 417 g/mol. The normalized spacial score (nSPS) is 19.4. The Kier molecular flexibility index (Phi) is 6.79. The van der Waals surface area contributed by atoms with Crippen LogP contribution in [0, 0.1) is 11.6 Å². The van der Waals surface area contributed by atoms with Crippen molar-refractivity contribution in [2.75, 3.05) is 13.7 Å². The van der Waals surface area contributed by atoms with Gasteiger partial charge >= 0.3 is 0 Å². The molecule has 0 aliphatic carbocycles. The van der Waals surface area contributed by atoms with Crippen molar-refractivity contribution in [1.82, 2.24) is 5.01 Å². The first-order valence-corrected chi connectivity index (χ1v) is 9.82. The zero-order valence-electron chi connectivity index (χ0n) is 17.0. The lowest BCUT2D eigenvalue weighted by Gasteiger charge is -2.36. The molecule has 1 aliphatic heterocycles. The molecule has 160 valence electrons. The maximum atomic E-state index is 14.5. The summed E-state index contributed by atoms with van der Waals surface area (Å²) in [6.45, 7) is 2.16. The van der Waals surface area contributed by atoms with Gasteiger partial charge in [-0.1, -0.05) is 37.3 Å². The van der Waals surface area contributed by atoms with Crippen LogP contribution in [0.5, 0.6) is 0 Å². The van der Waals surface area contributed by atoms with Crippen molar-refractivity contribution in [2.45, 2.75) is 38.0 Å². The van der Waals surface area contributed by atoms with Crippen LogP contribution in [0.15, 0.2) is 53.6 Å². The molecule has 2 aromatic carbocycles. The van der Waals surface area contributed by atoms with Gasteiger partial charge in [-0.2, -0.15) is 5.01 Å². The summed E-state index contributed by atoms with van der Waals surface area (Å²) in [5, 5.41) is 5.50. The van der Waals surface area contributed by atoms with E-state index in [2.05, 4.69) is 5.10 Å². The van der Waals surface area contributed by atoms with Gasteiger partial charge in [-0.15, -0.1) is 5.10 Å². The number of benzene rings is 2. The zero-order valence-corrected chi connectivity index (χ0v) is 17.0. The number of carbonyl (C=O) groups is 1. The number of hydrazone groups is 1. The number of methoxy groups -OCH3 is 1. The largest absolute Gasteiger partial charge is 0.443 e. The van der Waals surface area contributed by atoms with Crippen molar-refractivity contribution in [3.8, 4) is 0 Å². The second kappa shape index (κ2) is 9.32. The van der Waals surface area contributed by atoms with Crippen LogP contribution in [0.3, 0.4) is 0 Å². The molecule has 1 unspecified atom stereocenters. The Hall–Kier alpha value is -2.84. The van der Waals surface area contributed by atoms with Gasteiger partial charge in [0.05, 0.1) is 5.56 Å². The van der Waals surface area contributed by atoms with Crippen LogP contribution in [-0.2, 0) is 20.0 Å². The Morgan fingerprint density at radius 2 is 2.00 bits per heavy atom. The van der Waals surface area contributed by atoms with E-state index in [9.17, 15) is 13.6 Å². The second-order valence-electron chi connectivity index (χ2n) is 6.96. The summed E-state index contributed by atoms with van der Waals surface area (Å²) < 4.78 is 39.8. The van der Waals surface area contributed by atoms with Crippen LogP contribution < -0.4 is 5.73 Å². The molecule has 30 heavy (non-hydrogen) atoms. The number of hydrogen-bond acceptors (Lipinski definition) is 5. The summed E-state index contributed by atoms with van der Waals surface area (Å²) in [6, 6.07) is 12.0. The third-order valence-electron chi connectivity index (χ3n) is 5.04. The molecule has 0 radical (unpaired) electrons. The van der Waals surface area contributed by atoms with Crippen molar-refractivity contribution in [3.05, 3.63) is 71.3 Å². The lowest BCUT2D eigenvalue weighted by Crippen LogP contribution is -2.49. The van der Waals surface area contributed by atoms with Crippen molar-refractivity contribution >= 4 is 11.8 Å². The van der Waals surface area contributed by atoms with Gasteiger partial charge in [-0.25, -0.2) is 8.78 Å². The summed E-state index contributed by atoms with van der Waals surface area (Å²) in [4.78, 5) is 13.3. The Morgan fingerprint density at radius 1 is 1.27 bits per heavy atom. The number of nitrogens with two attached hydrogens (primary N) is 1. The van der Waals surface area contributed by atoms with E-state index in [4.69, 9.17) is 15.2 Å². The molecule has 3 rings (SSSR count). The summed E-state index contributed by atoms with van der Waals surface area (Å²) >= 11 is 0. The number of ether oxygens (including phenoxy) is 2. The predicted octanol–water partition coefficient (Wildman–Crippen LogP) is 3.50. The highest BCUT2D eigenvalue weighted by molar-refractivity contribution is 5.97. The number of nitrogens with zero attached hydrogens (tertiary/aromatic N) is 2. The number of rotatable bonds is 8. The van der Waals surface area contributed by atoms with Crippen LogP contribution in [0.4, 0.5) is 8.78 Å². The van der Waals surface area contributed by atoms with E-state index in [1.807, 2.05) is 13.0 Å². The lowest BCUT2D eigenvalue weighted by molar-refractivity contribution is -0.163. The van der Waals surface area contributed by atoms with Gasteiger partial charge in [0.15, 0.2) is 0 Å². The molecule has 0 saturated carbocycles. The van der Waals surface area contributed by atoms with Gasteiger partial charge in [0.25, 0.3) is 5.91 Å². The molecular formula is C22H25F2N3O3. The fourth-order valence-corrected chi connectivity index (χ4v) is 3.49. The number of halogens is 2. The van der Waals surface area contributed by atoms with E-state index in [1.165, 1.54) is 12.1 Å². The van der Waals surface area contributed by atoms with Crippen molar-refractivity contribution < 1.29 is 23.0 Å². The highest BCUT2D eigenvalue weighted by Gasteiger charge is 2.51. The summed E-state index contributed by atoms with van der Waals surface area (Å²) in [5.41, 5.74) is 4.87. The zero-order chi connectivity index (χ0) is 21.7. The van der Waals surface area contributed by atoms with Crippen LogP contribution in [0.1, 0.15) is 37.3 Å². The monoisotopic (exact) mass is 417 g/mol. The standard InChI is InChI=1S/C22H25F2N3O3/c1-3-19(29-2)21(28)27-22(12-7-13-25,15-8-5-4-6-9-15)30-20(26-27)17-14-16(23)10-11-18(17)24/h4-6,8-11,14,19H,3,7,12-13,25H2,1-2H3/t19-,22?/m1/s1. The Bertz CT molecular complexity index is 919. The molecule has 0 saturated heterocycles. The van der Waals surface area contributed by atoms with Crippen molar-refractivity contribution in [3.63, 3.8) is 0 Å². The van der Waals surface area contributed by atoms with E-state index < -0.39 is 29.4 Å². The molecule has 2 N–H and O–H groups in total. The Morgan fingerprint density at radius 3 is 2.63 bits per heavy atom. The second-order valence-corrected chi connectivity index (χ2v) is 6.96. The highest BCUT2D eigenvalue weighted by atomic mass is 19.1. The molecule has 1 aliphatic rings. The topological polar surface area (TPSA) is 77.1 Å². The summed E-state index contributed by atoms with van der Waals surface area (Å²) in [5.74, 6) is -1.96.